The maximum atomic E-state index is 11.1. The number of hydrogen-bond donors (Lipinski definition) is 1. The van der Waals surface area contributed by atoms with Gasteiger partial charge in [0.15, 0.2) is 5.69 Å². The fourth-order valence-electron chi connectivity index (χ4n) is 1.23. The van der Waals surface area contributed by atoms with Crippen LogP contribution < -0.4 is 5.32 Å². The van der Waals surface area contributed by atoms with Crippen LogP contribution in [0.25, 0.3) is 0 Å². The summed E-state index contributed by atoms with van der Waals surface area (Å²) in [5.41, 5.74) is 1.39. The second kappa shape index (κ2) is 5.40. The van der Waals surface area contributed by atoms with Gasteiger partial charge in [-0.05, 0) is 34.5 Å². The summed E-state index contributed by atoms with van der Waals surface area (Å²) in [7, 11) is 1.31. The third-order valence-electron chi connectivity index (χ3n) is 2.11. The van der Waals surface area contributed by atoms with Crippen LogP contribution in [0.1, 0.15) is 16.1 Å². The average Bonchev–Trinajstić information content (AvgIpc) is 2.89. The van der Waals surface area contributed by atoms with E-state index >= 15 is 0 Å². The van der Waals surface area contributed by atoms with Crippen LogP contribution in [0, 0.1) is 0 Å². The standard InChI is InChI=1S/C11H11N3O2S/c1-16-11(15)9-2-3-10(14-13-9)12-6-8-4-5-17-7-8/h2-5,7H,6H2,1H3,(H,12,14). The SMILES string of the molecule is COC(=O)c1ccc(NCc2ccsc2)nn1. The summed E-state index contributed by atoms with van der Waals surface area (Å²) in [6.45, 7) is 0.690. The molecular weight excluding hydrogens is 238 g/mol. The summed E-state index contributed by atoms with van der Waals surface area (Å²) in [4.78, 5) is 11.1. The molecule has 0 bridgehead atoms. The Morgan fingerprint density at radius 2 is 2.29 bits per heavy atom. The first kappa shape index (κ1) is 11.5. The highest BCUT2D eigenvalue weighted by Gasteiger charge is 2.07. The Bertz CT molecular complexity index is 482. The fourth-order valence-corrected chi connectivity index (χ4v) is 1.89. The molecule has 0 atom stereocenters. The smallest absolute Gasteiger partial charge is 0.358 e. The normalized spacial score (nSPS) is 9.94. The Balaban J connectivity index is 1.96. The van der Waals surface area contributed by atoms with E-state index in [-0.39, 0.29) is 5.69 Å². The largest absolute Gasteiger partial charge is 0.464 e. The molecule has 0 unspecified atom stereocenters. The Hall–Kier alpha value is -1.95. The van der Waals surface area contributed by atoms with Gasteiger partial charge in [-0.3, -0.25) is 0 Å². The van der Waals surface area contributed by atoms with E-state index < -0.39 is 5.97 Å². The molecule has 17 heavy (non-hydrogen) atoms. The van der Waals surface area contributed by atoms with Crippen molar-refractivity contribution in [2.45, 2.75) is 6.54 Å². The second-order valence-electron chi connectivity index (χ2n) is 3.28. The number of methoxy groups -OCH3 is 1. The topological polar surface area (TPSA) is 64.1 Å². The Labute approximate surface area is 102 Å². The number of thiophene rings is 1. The van der Waals surface area contributed by atoms with Gasteiger partial charge in [0.2, 0.25) is 0 Å². The lowest BCUT2D eigenvalue weighted by atomic mass is 10.3. The molecule has 0 aliphatic carbocycles. The van der Waals surface area contributed by atoms with Crippen molar-refractivity contribution >= 4 is 23.1 Å². The molecule has 1 N–H and O–H groups in total. The van der Waals surface area contributed by atoms with Crippen molar-refractivity contribution in [1.29, 1.82) is 0 Å². The van der Waals surface area contributed by atoms with Gasteiger partial charge in [-0.25, -0.2) is 4.79 Å². The first-order valence-electron chi connectivity index (χ1n) is 4.96. The molecule has 0 aliphatic rings. The number of carbonyl (C=O) groups is 1. The molecule has 0 fully saturated rings. The summed E-state index contributed by atoms with van der Waals surface area (Å²) in [6, 6.07) is 5.31. The number of rotatable bonds is 4. The Kier molecular flexibility index (Phi) is 3.66. The first-order chi connectivity index (χ1) is 8.29. The molecular formula is C11H11N3O2S. The Morgan fingerprint density at radius 3 is 2.88 bits per heavy atom. The monoisotopic (exact) mass is 249 g/mol. The zero-order valence-corrected chi connectivity index (χ0v) is 10.0. The molecule has 0 saturated carbocycles. The minimum absolute atomic E-state index is 0.202. The van der Waals surface area contributed by atoms with Gasteiger partial charge in [-0.1, -0.05) is 0 Å². The van der Waals surface area contributed by atoms with Crippen LogP contribution in [0.2, 0.25) is 0 Å². The van der Waals surface area contributed by atoms with Crippen molar-refractivity contribution in [2.75, 3.05) is 12.4 Å². The molecule has 6 heteroatoms. The lowest BCUT2D eigenvalue weighted by Gasteiger charge is -2.03. The van der Waals surface area contributed by atoms with E-state index in [1.807, 2.05) is 11.4 Å². The number of aromatic nitrogens is 2. The van der Waals surface area contributed by atoms with Crippen molar-refractivity contribution in [3.05, 3.63) is 40.2 Å². The van der Waals surface area contributed by atoms with Gasteiger partial charge in [0.25, 0.3) is 0 Å². The molecule has 0 aliphatic heterocycles. The number of carbonyl (C=O) groups excluding carboxylic acids is 1. The number of nitrogens with zero attached hydrogens (tertiary/aromatic N) is 2. The lowest BCUT2D eigenvalue weighted by molar-refractivity contribution is 0.0593. The number of ether oxygens (including phenoxy) is 1. The van der Waals surface area contributed by atoms with Crippen molar-refractivity contribution in [2.24, 2.45) is 0 Å². The summed E-state index contributed by atoms with van der Waals surface area (Å²) in [5, 5.41) is 14.8. The van der Waals surface area contributed by atoms with Gasteiger partial charge < -0.3 is 10.1 Å². The van der Waals surface area contributed by atoms with Crippen molar-refractivity contribution in [3.63, 3.8) is 0 Å². The predicted octanol–water partition coefficient (Wildman–Crippen LogP) is 1.94. The molecule has 0 saturated heterocycles. The summed E-state index contributed by atoms with van der Waals surface area (Å²) in [6.07, 6.45) is 0. The van der Waals surface area contributed by atoms with Crippen LogP contribution in [0.3, 0.4) is 0 Å². The number of anilines is 1. The van der Waals surface area contributed by atoms with Gasteiger partial charge in [-0.2, -0.15) is 11.3 Å². The highest BCUT2D eigenvalue weighted by molar-refractivity contribution is 7.07. The summed E-state index contributed by atoms with van der Waals surface area (Å²) >= 11 is 1.65. The van der Waals surface area contributed by atoms with Crippen molar-refractivity contribution in [1.82, 2.24) is 10.2 Å². The van der Waals surface area contributed by atoms with E-state index in [0.717, 1.165) is 0 Å². The van der Waals surface area contributed by atoms with E-state index in [1.165, 1.54) is 12.7 Å². The highest BCUT2D eigenvalue weighted by Crippen LogP contribution is 2.09. The van der Waals surface area contributed by atoms with E-state index in [9.17, 15) is 4.79 Å². The van der Waals surface area contributed by atoms with Gasteiger partial charge in [0.05, 0.1) is 7.11 Å². The molecule has 88 valence electrons. The molecule has 2 aromatic rings. The van der Waals surface area contributed by atoms with Crippen LogP contribution in [0.15, 0.2) is 29.0 Å². The minimum Gasteiger partial charge on any atom is -0.464 e. The zero-order chi connectivity index (χ0) is 12.1. The third-order valence-corrected chi connectivity index (χ3v) is 2.84. The van der Waals surface area contributed by atoms with Crippen LogP contribution in [-0.4, -0.2) is 23.3 Å². The Morgan fingerprint density at radius 1 is 1.41 bits per heavy atom. The quantitative estimate of drug-likeness (QED) is 0.839. The van der Waals surface area contributed by atoms with Gasteiger partial charge in [0.1, 0.15) is 5.82 Å². The first-order valence-corrected chi connectivity index (χ1v) is 5.91. The molecule has 5 nitrogen and oxygen atoms in total. The van der Waals surface area contributed by atoms with Gasteiger partial charge >= 0.3 is 5.97 Å². The van der Waals surface area contributed by atoms with Crippen LogP contribution in [0.4, 0.5) is 5.82 Å². The molecule has 2 heterocycles. The summed E-state index contributed by atoms with van der Waals surface area (Å²) in [5.74, 6) is 0.144. The maximum absolute atomic E-state index is 11.1. The third kappa shape index (κ3) is 3.01. The highest BCUT2D eigenvalue weighted by atomic mass is 32.1. The lowest BCUT2D eigenvalue weighted by Crippen LogP contribution is -2.07. The average molecular weight is 249 g/mol. The molecule has 0 radical (unpaired) electrons. The fraction of sp³-hybridized carbons (Fsp3) is 0.182. The van der Waals surface area contributed by atoms with Crippen LogP contribution in [-0.2, 0) is 11.3 Å². The van der Waals surface area contributed by atoms with Crippen LogP contribution >= 0.6 is 11.3 Å². The van der Waals surface area contributed by atoms with Crippen LogP contribution in [0.5, 0.6) is 0 Å². The minimum atomic E-state index is -0.484. The van der Waals surface area contributed by atoms with Gasteiger partial charge in [-0.15, -0.1) is 10.2 Å². The molecule has 0 aromatic carbocycles. The van der Waals surface area contributed by atoms with Crippen molar-refractivity contribution in [3.8, 4) is 0 Å². The number of esters is 1. The van der Waals surface area contributed by atoms with E-state index in [0.29, 0.717) is 12.4 Å². The molecule has 2 rings (SSSR count). The second-order valence-corrected chi connectivity index (χ2v) is 4.06. The predicted molar refractivity (Wildman–Crippen MR) is 65.0 cm³/mol. The maximum Gasteiger partial charge on any atom is 0.358 e. The zero-order valence-electron chi connectivity index (χ0n) is 9.21. The van der Waals surface area contributed by atoms with Gasteiger partial charge in [0, 0.05) is 6.54 Å². The van der Waals surface area contributed by atoms with Crippen molar-refractivity contribution < 1.29 is 9.53 Å². The molecule has 0 amide bonds. The van der Waals surface area contributed by atoms with E-state index in [2.05, 4.69) is 25.6 Å². The summed E-state index contributed by atoms with van der Waals surface area (Å²) < 4.78 is 4.53. The van der Waals surface area contributed by atoms with E-state index in [1.54, 1.807) is 23.5 Å². The number of hydrogen-bond acceptors (Lipinski definition) is 6. The van der Waals surface area contributed by atoms with E-state index in [4.69, 9.17) is 0 Å². The molecule has 2 aromatic heterocycles. The number of nitrogens with one attached hydrogen (secondary N) is 1. The molecule has 0 spiro atoms.